The summed E-state index contributed by atoms with van der Waals surface area (Å²) in [4.78, 5) is 18.1. The Morgan fingerprint density at radius 3 is 2.43 bits per heavy atom. The van der Waals surface area contributed by atoms with Crippen LogP contribution in [0, 0.1) is 6.92 Å². The summed E-state index contributed by atoms with van der Waals surface area (Å²) in [7, 11) is -3.43. The highest BCUT2D eigenvalue weighted by Gasteiger charge is 2.20. The molecule has 4 aromatic rings. The third-order valence-corrected chi connectivity index (χ3v) is 6.93. The summed E-state index contributed by atoms with van der Waals surface area (Å²) >= 11 is 5.95. The molecule has 0 radical (unpaired) electrons. The molecule has 2 heterocycles. The highest BCUT2D eigenvalue weighted by Crippen LogP contribution is 2.39. The Morgan fingerprint density at radius 1 is 1.00 bits per heavy atom. The number of sulfone groups is 1. The van der Waals surface area contributed by atoms with E-state index in [-0.39, 0.29) is 16.2 Å². The Kier molecular flexibility index (Phi) is 5.17. The number of aryl methyl sites for hydroxylation is 1. The van der Waals surface area contributed by atoms with Gasteiger partial charge in [0.05, 0.1) is 10.6 Å². The molecule has 0 saturated carbocycles. The second-order valence-corrected chi connectivity index (χ2v) is 9.59. The Bertz CT molecular complexity index is 1400. The van der Waals surface area contributed by atoms with Crippen LogP contribution in [0.3, 0.4) is 0 Å². The van der Waals surface area contributed by atoms with Gasteiger partial charge in [-0.1, -0.05) is 18.5 Å². The second kappa shape index (κ2) is 7.66. The van der Waals surface area contributed by atoms with Crippen LogP contribution >= 0.6 is 11.6 Å². The maximum atomic E-state index is 12.5. The molecule has 30 heavy (non-hydrogen) atoms. The molecule has 8 heteroatoms. The highest BCUT2D eigenvalue weighted by molar-refractivity contribution is 7.91. The fourth-order valence-corrected chi connectivity index (χ4v) is 4.37. The van der Waals surface area contributed by atoms with Crippen LogP contribution in [0.1, 0.15) is 12.5 Å². The number of aromatic nitrogens is 2. The summed E-state index contributed by atoms with van der Waals surface area (Å²) in [6, 6.07) is 11.6. The lowest BCUT2D eigenvalue weighted by atomic mass is 10.0. The second-order valence-electron chi connectivity index (χ2n) is 6.87. The van der Waals surface area contributed by atoms with E-state index in [2.05, 4.69) is 9.97 Å². The first kappa shape index (κ1) is 20.3. The third-order valence-electron chi connectivity index (χ3n) is 4.94. The van der Waals surface area contributed by atoms with E-state index < -0.39 is 9.84 Å². The predicted molar refractivity (Wildman–Crippen MR) is 118 cm³/mol. The van der Waals surface area contributed by atoms with E-state index in [0.29, 0.717) is 38.6 Å². The molecule has 0 atom stereocenters. The van der Waals surface area contributed by atoms with Crippen molar-refractivity contribution in [1.29, 1.82) is 0 Å². The molecule has 2 aromatic heterocycles. The summed E-state index contributed by atoms with van der Waals surface area (Å²) in [6.07, 6.45) is 3.33. The van der Waals surface area contributed by atoms with Crippen molar-refractivity contribution in [2.24, 2.45) is 0 Å². The minimum Gasteiger partial charge on any atom is -0.457 e. The zero-order chi connectivity index (χ0) is 21.5. The molecular weight excluding hydrogens is 424 g/mol. The van der Waals surface area contributed by atoms with E-state index in [0.717, 1.165) is 5.56 Å². The molecule has 0 fully saturated rings. The number of nitrogens with one attached hydrogen (secondary N) is 2. The van der Waals surface area contributed by atoms with Crippen LogP contribution in [0.25, 0.3) is 22.0 Å². The van der Waals surface area contributed by atoms with E-state index in [1.165, 1.54) is 6.07 Å². The molecule has 0 saturated heterocycles. The van der Waals surface area contributed by atoms with Gasteiger partial charge in [0.15, 0.2) is 9.84 Å². The largest absolute Gasteiger partial charge is 0.457 e. The van der Waals surface area contributed by atoms with Gasteiger partial charge in [0.25, 0.3) is 5.56 Å². The SMILES string of the molecule is CCS(=O)(=O)c1ccc(Oc2ccc(Cl)cc2)c(-c2c[nH]c3c(=O)[nH]cc(C)c23)c1. The van der Waals surface area contributed by atoms with E-state index in [4.69, 9.17) is 16.3 Å². The number of fused-ring (bicyclic) bond motifs is 1. The normalized spacial score (nSPS) is 11.7. The van der Waals surface area contributed by atoms with Gasteiger partial charge in [-0.25, -0.2) is 8.42 Å². The third kappa shape index (κ3) is 3.62. The van der Waals surface area contributed by atoms with Crippen molar-refractivity contribution in [3.05, 3.63) is 75.8 Å². The maximum absolute atomic E-state index is 12.5. The Morgan fingerprint density at radius 2 is 1.73 bits per heavy atom. The molecule has 0 bridgehead atoms. The van der Waals surface area contributed by atoms with Gasteiger partial charge in [-0.15, -0.1) is 0 Å². The molecule has 2 N–H and O–H groups in total. The molecule has 0 amide bonds. The number of rotatable bonds is 5. The number of aromatic amines is 2. The molecule has 0 spiro atoms. The molecular formula is C22H19ClN2O4S. The first-order valence-corrected chi connectivity index (χ1v) is 11.3. The van der Waals surface area contributed by atoms with Crippen LogP contribution in [0.2, 0.25) is 5.02 Å². The molecule has 0 aliphatic heterocycles. The lowest BCUT2D eigenvalue weighted by Gasteiger charge is -2.13. The topological polar surface area (TPSA) is 92.0 Å². The summed E-state index contributed by atoms with van der Waals surface area (Å²) in [5.74, 6) is 1.00. The van der Waals surface area contributed by atoms with Crippen molar-refractivity contribution < 1.29 is 13.2 Å². The number of pyridine rings is 1. The van der Waals surface area contributed by atoms with Crippen molar-refractivity contribution in [3.63, 3.8) is 0 Å². The molecule has 2 aromatic carbocycles. The first-order chi connectivity index (χ1) is 14.3. The van der Waals surface area contributed by atoms with Gasteiger partial charge in [-0.3, -0.25) is 4.79 Å². The standard InChI is InChI=1S/C22H19ClN2O4S/c1-3-30(27,28)16-8-9-19(29-15-6-4-14(23)5-7-15)17(10-16)18-12-24-21-20(18)13(2)11-25-22(21)26/h4-12,24H,3H2,1-2H3,(H,25,26). The van der Waals surface area contributed by atoms with Crippen molar-refractivity contribution in [1.82, 2.24) is 9.97 Å². The van der Waals surface area contributed by atoms with Crippen molar-refractivity contribution >= 4 is 32.3 Å². The molecule has 0 unspecified atom stereocenters. The predicted octanol–water partition coefficient (Wildman–Crippen LogP) is 5.07. The number of hydrogen-bond acceptors (Lipinski definition) is 4. The highest BCUT2D eigenvalue weighted by atomic mass is 35.5. The molecule has 6 nitrogen and oxygen atoms in total. The lowest BCUT2D eigenvalue weighted by molar-refractivity contribution is 0.484. The van der Waals surface area contributed by atoms with Gasteiger partial charge in [0.2, 0.25) is 0 Å². The fourth-order valence-electron chi connectivity index (χ4n) is 3.34. The van der Waals surface area contributed by atoms with Crippen LogP contribution < -0.4 is 10.3 Å². The number of hydrogen-bond donors (Lipinski definition) is 2. The summed E-state index contributed by atoms with van der Waals surface area (Å²) < 4.78 is 31.0. The number of H-pyrrole nitrogens is 2. The van der Waals surface area contributed by atoms with Crippen molar-refractivity contribution in [3.8, 4) is 22.6 Å². The number of halogens is 1. The number of benzene rings is 2. The van der Waals surface area contributed by atoms with Crippen LogP contribution in [0.15, 0.2) is 64.5 Å². The van der Waals surface area contributed by atoms with Gasteiger partial charge in [0, 0.05) is 33.9 Å². The average molecular weight is 443 g/mol. The van der Waals surface area contributed by atoms with E-state index in [1.807, 2.05) is 6.92 Å². The van der Waals surface area contributed by atoms with Crippen LogP contribution in [-0.2, 0) is 9.84 Å². The zero-order valence-electron chi connectivity index (χ0n) is 16.3. The van der Waals surface area contributed by atoms with Gasteiger partial charge >= 0.3 is 0 Å². The molecule has 0 aliphatic carbocycles. The Hall–Kier alpha value is -3.03. The van der Waals surface area contributed by atoms with Crippen LogP contribution in [-0.4, -0.2) is 24.1 Å². The van der Waals surface area contributed by atoms with Crippen LogP contribution in [0.4, 0.5) is 0 Å². The fraction of sp³-hybridized carbons (Fsp3) is 0.136. The summed E-state index contributed by atoms with van der Waals surface area (Å²) in [6.45, 7) is 3.48. The van der Waals surface area contributed by atoms with Gasteiger partial charge in [0.1, 0.15) is 17.0 Å². The minimum atomic E-state index is -3.43. The summed E-state index contributed by atoms with van der Waals surface area (Å²) in [5, 5.41) is 1.30. The quantitative estimate of drug-likeness (QED) is 0.451. The molecule has 0 aliphatic rings. The smallest absolute Gasteiger partial charge is 0.272 e. The Balaban J connectivity index is 1.96. The van der Waals surface area contributed by atoms with Gasteiger partial charge < -0.3 is 14.7 Å². The van der Waals surface area contributed by atoms with E-state index in [9.17, 15) is 13.2 Å². The van der Waals surface area contributed by atoms with E-state index >= 15 is 0 Å². The monoisotopic (exact) mass is 442 g/mol. The number of ether oxygens (including phenoxy) is 1. The average Bonchev–Trinajstić information content (AvgIpc) is 3.19. The lowest BCUT2D eigenvalue weighted by Crippen LogP contribution is -2.06. The molecule has 154 valence electrons. The van der Waals surface area contributed by atoms with Crippen molar-refractivity contribution in [2.45, 2.75) is 18.7 Å². The Labute approximate surface area is 178 Å². The van der Waals surface area contributed by atoms with Crippen LogP contribution in [0.5, 0.6) is 11.5 Å². The zero-order valence-corrected chi connectivity index (χ0v) is 17.9. The summed E-state index contributed by atoms with van der Waals surface area (Å²) in [5.41, 5.74) is 2.28. The van der Waals surface area contributed by atoms with Gasteiger partial charge in [-0.2, -0.15) is 0 Å². The minimum absolute atomic E-state index is 0.0175. The van der Waals surface area contributed by atoms with E-state index in [1.54, 1.807) is 55.7 Å². The van der Waals surface area contributed by atoms with Crippen molar-refractivity contribution in [2.75, 3.05) is 5.75 Å². The first-order valence-electron chi connectivity index (χ1n) is 9.30. The van der Waals surface area contributed by atoms with Gasteiger partial charge in [-0.05, 0) is 55.0 Å². The molecule has 4 rings (SSSR count). The maximum Gasteiger partial charge on any atom is 0.272 e.